The van der Waals surface area contributed by atoms with Gasteiger partial charge >= 0.3 is 6.03 Å². The molecule has 0 aromatic heterocycles. The van der Waals surface area contributed by atoms with Gasteiger partial charge in [0.05, 0.1) is 10.5 Å². The summed E-state index contributed by atoms with van der Waals surface area (Å²) >= 11 is 0. The Bertz CT molecular complexity index is 422. The molecule has 1 N–H and O–H groups in total. The summed E-state index contributed by atoms with van der Waals surface area (Å²) in [7, 11) is -1.42. The van der Waals surface area contributed by atoms with Gasteiger partial charge in [-0.1, -0.05) is 0 Å². The van der Waals surface area contributed by atoms with E-state index in [4.69, 9.17) is 0 Å². The average molecular weight is 290 g/mol. The van der Waals surface area contributed by atoms with E-state index in [1.165, 1.54) is 12.8 Å². The Balaban J connectivity index is 2.38. The summed E-state index contributed by atoms with van der Waals surface area (Å²) in [5.41, 5.74) is 0. The van der Waals surface area contributed by atoms with E-state index < -0.39 is 14.6 Å². The van der Waals surface area contributed by atoms with E-state index in [-0.39, 0.29) is 24.4 Å². The highest BCUT2D eigenvalue weighted by atomic mass is 32.2. The topological polar surface area (TPSA) is 66.5 Å². The first-order valence-corrected chi connectivity index (χ1v) is 8.44. The van der Waals surface area contributed by atoms with E-state index in [2.05, 4.69) is 5.32 Å². The smallest absolute Gasteiger partial charge is 0.317 e. The van der Waals surface area contributed by atoms with Gasteiger partial charge in [0.15, 0.2) is 9.84 Å². The standard InChI is InChI=1S/C13H26N2O3S/c1-10(11-6-7-11)15(5)12(16)14-8-9-19(17,18)13(2,3)4/h10-11H,6-9H2,1-5H3,(H,14,16). The lowest BCUT2D eigenvalue weighted by molar-refractivity contribution is 0.188. The van der Waals surface area contributed by atoms with Crippen molar-refractivity contribution in [2.45, 2.75) is 51.3 Å². The predicted molar refractivity (Wildman–Crippen MR) is 76.9 cm³/mol. The van der Waals surface area contributed by atoms with Gasteiger partial charge in [0, 0.05) is 19.6 Å². The van der Waals surface area contributed by atoms with Crippen molar-refractivity contribution in [3.8, 4) is 0 Å². The summed E-state index contributed by atoms with van der Waals surface area (Å²) in [6, 6.07) is 0.0303. The Morgan fingerprint density at radius 2 is 1.89 bits per heavy atom. The number of carbonyl (C=O) groups excluding carboxylic acids is 1. The van der Waals surface area contributed by atoms with Crippen LogP contribution in [0, 0.1) is 5.92 Å². The number of carbonyl (C=O) groups is 1. The van der Waals surface area contributed by atoms with Crippen molar-refractivity contribution in [1.82, 2.24) is 10.2 Å². The number of sulfone groups is 1. The van der Waals surface area contributed by atoms with Gasteiger partial charge in [0.2, 0.25) is 0 Å². The second-order valence-corrected chi connectivity index (χ2v) is 9.21. The van der Waals surface area contributed by atoms with Crippen LogP contribution in [0.25, 0.3) is 0 Å². The van der Waals surface area contributed by atoms with Crippen molar-refractivity contribution in [3.63, 3.8) is 0 Å². The fraction of sp³-hybridized carbons (Fsp3) is 0.923. The third-order valence-electron chi connectivity index (χ3n) is 3.82. The zero-order valence-corrected chi connectivity index (χ0v) is 13.4. The summed E-state index contributed by atoms with van der Waals surface area (Å²) in [4.78, 5) is 13.5. The maximum Gasteiger partial charge on any atom is 0.317 e. The first kappa shape index (κ1) is 16.3. The molecule has 1 fully saturated rings. The SMILES string of the molecule is CC(C1CC1)N(C)C(=O)NCCS(=O)(=O)C(C)(C)C. The van der Waals surface area contributed by atoms with Crippen LogP contribution >= 0.6 is 0 Å². The minimum atomic E-state index is -3.18. The molecule has 1 atom stereocenters. The quantitative estimate of drug-likeness (QED) is 0.837. The third kappa shape index (κ3) is 4.37. The van der Waals surface area contributed by atoms with E-state index >= 15 is 0 Å². The van der Waals surface area contributed by atoms with E-state index in [0.717, 1.165) is 0 Å². The highest BCUT2D eigenvalue weighted by Gasteiger charge is 2.33. The molecule has 0 saturated heterocycles. The molecular formula is C13H26N2O3S. The summed E-state index contributed by atoms with van der Waals surface area (Å²) in [6.45, 7) is 7.21. The predicted octanol–water partition coefficient (Wildman–Crippen LogP) is 1.64. The van der Waals surface area contributed by atoms with Gasteiger partial charge in [-0.15, -0.1) is 0 Å². The molecule has 2 amide bonds. The largest absolute Gasteiger partial charge is 0.337 e. The van der Waals surface area contributed by atoms with Gasteiger partial charge in [-0.25, -0.2) is 13.2 Å². The second-order valence-electron chi connectivity index (χ2n) is 6.35. The zero-order chi connectivity index (χ0) is 14.8. The molecule has 1 aliphatic rings. The van der Waals surface area contributed by atoms with Gasteiger partial charge < -0.3 is 10.2 Å². The van der Waals surface area contributed by atoms with Gasteiger partial charge in [0.25, 0.3) is 0 Å². The molecule has 0 heterocycles. The number of amides is 2. The van der Waals surface area contributed by atoms with Crippen LogP contribution in [0.1, 0.15) is 40.5 Å². The first-order chi connectivity index (χ1) is 8.56. The first-order valence-electron chi connectivity index (χ1n) is 6.79. The average Bonchev–Trinajstić information content (AvgIpc) is 3.08. The monoisotopic (exact) mass is 290 g/mol. The highest BCUT2D eigenvalue weighted by Crippen LogP contribution is 2.34. The van der Waals surface area contributed by atoms with Crippen molar-refractivity contribution < 1.29 is 13.2 Å². The van der Waals surface area contributed by atoms with Crippen molar-refractivity contribution >= 4 is 15.9 Å². The fourth-order valence-electron chi connectivity index (χ4n) is 1.80. The highest BCUT2D eigenvalue weighted by molar-refractivity contribution is 7.92. The van der Waals surface area contributed by atoms with Crippen LogP contribution in [0.2, 0.25) is 0 Å². The molecular weight excluding hydrogens is 264 g/mol. The lowest BCUT2D eigenvalue weighted by atomic mass is 10.2. The van der Waals surface area contributed by atoms with Crippen molar-refractivity contribution in [2.24, 2.45) is 5.92 Å². The maximum absolute atomic E-state index is 11.9. The van der Waals surface area contributed by atoms with E-state index in [1.54, 1.807) is 32.7 Å². The number of nitrogens with zero attached hydrogens (tertiary/aromatic N) is 1. The van der Waals surface area contributed by atoms with Crippen LogP contribution in [0.15, 0.2) is 0 Å². The molecule has 19 heavy (non-hydrogen) atoms. The molecule has 0 aliphatic heterocycles. The molecule has 5 nitrogen and oxygen atoms in total. The summed E-state index contributed by atoms with van der Waals surface area (Å²) < 4.78 is 23.0. The molecule has 1 aliphatic carbocycles. The molecule has 1 unspecified atom stereocenters. The Hall–Kier alpha value is -0.780. The summed E-state index contributed by atoms with van der Waals surface area (Å²) in [6.07, 6.45) is 2.36. The Kier molecular flexibility index (Phi) is 4.87. The Morgan fingerprint density at radius 1 is 1.37 bits per heavy atom. The van der Waals surface area contributed by atoms with Gasteiger partial charge in [0.1, 0.15) is 0 Å². The molecule has 0 bridgehead atoms. The lowest BCUT2D eigenvalue weighted by Crippen LogP contribution is -2.45. The Labute approximate surface area is 116 Å². The number of rotatable bonds is 5. The molecule has 6 heteroatoms. The van der Waals surface area contributed by atoms with E-state index in [1.807, 2.05) is 6.92 Å². The Morgan fingerprint density at radius 3 is 2.32 bits per heavy atom. The number of urea groups is 1. The third-order valence-corrected chi connectivity index (χ3v) is 6.42. The lowest BCUT2D eigenvalue weighted by Gasteiger charge is -2.25. The minimum Gasteiger partial charge on any atom is -0.337 e. The van der Waals surface area contributed by atoms with Gasteiger partial charge in [-0.2, -0.15) is 0 Å². The van der Waals surface area contributed by atoms with Crippen LogP contribution in [-0.4, -0.2) is 49.5 Å². The van der Waals surface area contributed by atoms with Gasteiger partial charge in [-0.3, -0.25) is 0 Å². The molecule has 0 aromatic rings. The molecule has 112 valence electrons. The van der Waals surface area contributed by atoms with Crippen molar-refractivity contribution in [3.05, 3.63) is 0 Å². The van der Waals surface area contributed by atoms with Crippen LogP contribution < -0.4 is 5.32 Å². The number of hydrogen-bond acceptors (Lipinski definition) is 3. The molecule has 0 spiro atoms. The van der Waals surface area contributed by atoms with Crippen LogP contribution in [-0.2, 0) is 9.84 Å². The molecule has 0 radical (unpaired) electrons. The maximum atomic E-state index is 11.9. The summed E-state index contributed by atoms with van der Waals surface area (Å²) in [5, 5.41) is 2.68. The molecule has 1 rings (SSSR count). The molecule has 1 saturated carbocycles. The zero-order valence-electron chi connectivity index (χ0n) is 12.6. The van der Waals surface area contributed by atoms with Crippen molar-refractivity contribution in [1.29, 1.82) is 0 Å². The minimum absolute atomic E-state index is 0.0200. The fourth-order valence-corrected chi connectivity index (χ4v) is 2.79. The number of hydrogen-bond donors (Lipinski definition) is 1. The van der Waals surface area contributed by atoms with Crippen molar-refractivity contribution in [2.75, 3.05) is 19.3 Å². The molecule has 0 aromatic carbocycles. The summed E-state index contributed by atoms with van der Waals surface area (Å²) in [5.74, 6) is 0.586. The van der Waals surface area contributed by atoms with Gasteiger partial charge in [-0.05, 0) is 46.5 Å². The van der Waals surface area contributed by atoms with Crippen LogP contribution in [0.5, 0.6) is 0 Å². The number of nitrogens with one attached hydrogen (secondary N) is 1. The van der Waals surface area contributed by atoms with Crippen LogP contribution in [0.3, 0.4) is 0 Å². The van der Waals surface area contributed by atoms with Crippen LogP contribution in [0.4, 0.5) is 4.79 Å². The second kappa shape index (κ2) is 5.69. The van der Waals surface area contributed by atoms with E-state index in [9.17, 15) is 13.2 Å². The normalized spacial score (nSPS) is 17.9. The van der Waals surface area contributed by atoms with E-state index in [0.29, 0.717) is 5.92 Å².